The molecule has 1 saturated carbocycles. The van der Waals surface area contributed by atoms with Gasteiger partial charge in [0, 0.05) is 0 Å². The molecule has 0 radical (unpaired) electrons. The molecule has 3 aliphatic rings. The molecule has 23 heavy (non-hydrogen) atoms. The maximum atomic E-state index is 11.9. The predicted octanol–water partition coefficient (Wildman–Crippen LogP) is 3.69. The summed E-state index contributed by atoms with van der Waals surface area (Å²) in [5.41, 5.74) is 0.992. The van der Waals surface area contributed by atoms with Crippen molar-refractivity contribution in [3.8, 4) is 0 Å². The van der Waals surface area contributed by atoms with Gasteiger partial charge in [-0.1, -0.05) is 6.08 Å². The summed E-state index contributed by atoms with van der Waals surface area (Å²) in [6, 6.07) is 0. The molecule has 2 aliphatic carbocycles. The summed E-state index contributed by atoms with van der Waals surface area (Å²) in [5.74, 6) is 0.0757. The Morgan fingerprint density at radius 2 is 1.74 bits per heavy atom. The van der Waals surface area contributed by atoms with E-state index in [-0.39, 0.29) is 35.6 Å². The molecule has 1 spiro atoms. The van der Waals surface area contributed by atoms with Gasteiger partial charge in [-0.2, -0.15) is 0 Å². The Morgan fingerprint density at radius 3 is 2.22 bits per heavy atom. The van der Waals surface area contributed by atoms with Crippen LogP contribution < -0.4 is 0 Å². The average Bonchev–Trinajstić information content (AvgIpc) is 2.65. The zero-order valence-electron chi connectivity index (χ0n) is 15.1. The molecular formula is C18H29BO4. The van der Waals surface area contributed by atoms with Crippen LogP contribution in [0, 0.1) is 11.3 Å². The quantitative estimate of drug-likeness (QED) is 0.588. The number of rotatable bonds is 3. The van der Waals surface area contributed by atoms with E-state index in [1.807, 2.05) is 6.92 Å². The Balaban J connectivity index is 1.58. The molecule has 0 atom stereocenters. The van der Waals surface area contributed by atoms with Crippen LogP contribution in [0.15, 0.2) is 11.5 Å². The molecule has 128 valence electrons. The number of carbonyl (C=O) groups excluding carboxylic acids is 1. The first-order valence-electron chi connectivity index (χ1n) is 8.92. The molecule has 1 aliphatic heterocycles. The molecule has 0 aromatic rings. The second kappa shape index (κ2) is 5.63. The van der Waals surface area contributed by atoms with Gasteiger partial charge in [-0.25, -0.2) is 0 Å². The van der Waals surface area contributed by atoms with Gasteiger partial charge in [0.2, 0.25) is 0 Å². The van der Waals surface area contributed by atoms with Gasteiger partial charge in [0.25, 0.3) is 0 Å². The van der Waals surface area contributed by atoms with E-state index in [1.165, 1.54) is 5.47 Å². The first-order valence-corrected chi connectivity index (χ1v) is 8.92. The van der Waals surface area contributed by atoms with Gasteiger partial charge in [0.05, 0.1) is 23.7 Å². The third-order valence-electron chi connectivity index (χ3n) is 6.21. The van der Waals surface area contributed by atoms with Crippen molar-refractivity contribution in [3.05, 3.63) is 11.5 Å². The minimum absolute atomic E-state index is 0.0168. The average molecular weight is 320 g/mol. The molecule has 0 aromatic carbocycles. The van der Waals surface area contributed by atoms with Gasteiger partial charge in [-0.15, -0.1) is 0 Å². The number of hydrogen-bond acceptors (Lipinski definition) is 4. The lowest BCUT2D eigenvalue weighted by atomic mass is 9.53. The van der Waals surface area contributed by atoms with Crippen molar-refractivity contribution >= 4 is 13.1 Å². The highest BCUT2D eigenvalue weighted by atomic mass is 16.7. The maximum absolute atomic E-state index is 11.9. The lowest BCUT2D eigenvalue weighted by Crippen LogP contribution is -2.41. The molecule has 1 saturated heterocycles. The minimum atomic E-state index is -0.275. The van der Waals surface area contributed by atoms with Crippen molar-refractivity contribution in [2.24, 2.45) is 11.3 Å². The summed E-state index contributed by atoms with van der Waals surface area (Å²) >= 11 is 0. The SMILES string of the molecule is CCOC(=O)C1CCC2(C=C(B3OC(C)(C)C(C)(C)O3)C2)CC1. The first kappa shape index (κ1) is 17.0. The van der Waals surface area contributed by atoms with E-state index >= 15 is 0 Å². The lowest BCUT2D eigenvalue weighted by Gasteiger charge is -2.45. The van der Waals surface area contributed by atoms with Crippen molar-refractivity contribution in [2.45, 2.75) is 77.9 Å². The van der Waals surface area contributed by atoms with E-state index < -0.39 is 0 Å². The molecule has 0 amide bonds. The fraction of sp³-hybridized carbons (Fsp3) is 0.833. The highest BCUT2D eigenvalue weighted by Gasteiger charge is 2.55. The lowest BCUT2D eigenvalue weighted by molar-refractivity contribution is -0.149. The van der Waals surface area contributed by atoms with Gasteiger partial charge < -0.3 is 14.0 Å². The Bertz CT molecular complexity index is 499. The van der Waals surface area contributed by atoms with Crippen LogP contribution in [0.25, 0.3) is 0 Å². The summed E-state index contributed by atoms with van der Waals surface area (Å²) in [7, 11) is -0.201. The monoisotopic (exact) mass is 320 g/mol. The highest BCUT2D eigenvalue weighted by molar-refractivity contribution is 6.55. The third kappa shape index (κ3) is 2.98. The van der Waals surface area contributed by atoms with E-state index in [4.69, 9.17) is 14.0 Å². The third-order valence-corrected chi connectivity index (χ3v) is 6.21. The van der Waals surface area contributed by atoms with Crippen molar-refractivity contribution in [1.82, 2.24) is 0 Å². The van der Waals surface area contributed by atoms with Crippen molar-refractivity contribution in [1.29, 1.82) is 0 Å². The van der Waals surface area contributed by atoms with Gasteiger partial charge >= 0.3 is 13.1 Å². The number of ether oxygens (including phenoxy) is 1. The highest BCUT2D eigenvalue weighted by Crippen LogP contribution is 2.53. The largest absolute Gasteiger partial charge is 0.490 e. The second-order valence-corrected chi connectivity index (χ2v) is 8.37. The van der Waals surface area contributed by atoms with E-state index in [2.05, 4.69) is 33.8 Å². The van der Waals surface area contributed by atoms with E-state index in [0.717, 1.165) is 32.1 Å². The first-order chi connectivity index (χ1) is 10.7. The Labute approximate surface area is 140 Å². The predicted molar refractivity (Wildman–Crippen MR) is 89.8 cm³/mol. The van der Waals surface area contributed by atoms with Gasteiger partial charge in [-0.05, 0) is 77.6 Å². The molecule has 1 heterocycles. The van der Waals surface area contributed by atoms with Crippen molar-refractivity contribution < 1.29 is 18.8 Å². The second-order valence-electron chi connectivity index (χ2n) is 8.37. The maximum Gasteiger partial charge on any atom is 0.490 e. The smallest absolute Gasteiger partial charge is 0.466 e. The molecule has 0 bridgehead atoms. The molecule has 4 nitrogen and oxygen atoms in total. The Kier molecular flexibility index (Phi) is 4.17. The van der Waals surface area contributed by atoms with Crippen LogP contribution >= 0.6 is 0 Å². The molecule has 0 N–H and O–H groups in total. The van der Waals surface area contributed by atoms with E-state index in [1.54, 1.807) is 0 Å². The number of esters is 1. The molecule has 2 fully saturated rings. The fourth-order valence-corrected chi connectivity index (χ4v) is 3.93. The molecule has 0 unspecified atom stereocenters. The van der Waals surface area contributed by atoms with Gasteiger partial charge in [0.15, 0.2) is 0 Å². The van der Waals surface area contributed by atoms with Crippen LogP contribution in [0.1, 0.15) is 66.7 Å². The molecule has 0 aromatic heterocycles. The summed E-state index contributed by atoms with van der Waals surface area (Å²) in [6.07, 6.45) is 7.41. The normalized spacial score (nSPS) is 34.9. The van der Waals surface area contributed by atoms with E-state index in [9.17, 15) is 4.79 Å². The van der Waals surface area contributed by atoms with Crippen molar-refractivity contribution in [2.75, 3.05) is 6.61 Å². The van der Waals surface area contributed by atoms with Crippen LogP contribution in [-0.4, -0.2) is 30.9 Å². The molecule has 5 heteroatoms. The van der Waals surface area contributed by atoms with Gasteiger partial charge in [0.1, 0.15) is 0 Å². The standard InChI is InChI=1S/C18H29BO4/c1-6-21-15(20)13-7-9-18(10-8-13)11-14(12-18)19-22-16(2,3)17(4,5)23-19/h11,13H,6-10,12H2,1-5H3. The topological polar surface area (TPSA) is 44.8 Å². The molecular weight excluding hydrogens is 291 g/mol. The van der Waals surface area contributed by atoms with Crippen LogP contribution in [0.2, 0.25) is 0 Å². The zero-order valence-corrected chi connectivity index (χ0v) is 15.1. The Hall–Kier alpha value is -0.805. The summed E-state index contributed by atoms with van der Waals surface area (Å²) < 4.78 is 17.4. The number of allylic oxidation sites excluding steroid dienone is 2. The summed E-state index contributed by atoms with van der Waals surface area (Å²) in [5, 5.41) is 0. The van der Waals surface area contributed by atoms with Gasteiger partial charge in [-0.3, -0.25) is 4.79 Å². The van der Waals surface area contributed by atoms with Crippen molar-refractivity contribution in [3.63, 3.8) is 0 Å². The van der Waals surface area contributed by atoms with Crippen LogP contribution in [0.5, 0.6) is 0 Å². The molecule has 3 rings (SSSR count). The summed E-state index contributed by atoms with van der Waals surface area (Å²) in [4.78, 5) is 11.9. The number of hydrogen-bond donors (Lipinski definition) is 0. The number of carbonyl (C=O) groups is 1. The van der Waals surface area contributed by atoms with Crippen LogP contribution in [0.4, 0.5) is 0 Å². The Morgan fingerprint density at radius 1 is 1.22 bits per heavy atom. The van der Waals surface area contributed by atoms with E-state index in [0.29, 0.717) is 6.61 Å². The van der Waals surface area contributed by atoms with Crippen LogP contribution in [-0.2, 0) is 18.8 Å². The summed E-state index contributed by atoms with van der Waals surface area (Å²) in [6.45, 7) is 10.7. The van der Waals surface area contributed by atoms with Crippen LogP contribution in [0.3, 0.4) is 0 Å². The minimum Gasteiger partial charge on any atom is -0.466 e. The fourth-order valence-electron chi connectivity index (χ4n) is 3.93. The zero-order chi connectivity index (χ0) is 16.9.